The topological polar surface area (TPSA) is 0 Å². The monoisotopic (exact) mass is 290 g/mol. The molecule has 1 unspecified atom stereocenters. The molecule has 0 heterocycles. The maximum Gasteiger partial charge on any atom is 0.128 e. The van der Waals surface area contributed by atoms with Crippen molar-refractivity contribution in [2.45, 2.75) is 39.0 Å². The van der Waals surface area contributed by atoms with E-state index in [0.717, 1.165) is 24.0 Å². The molecule has 0 aliphatic carbocycles. The third kappa shape index (κ3) is 3.04. The van der Waals surface area contributed by atoms with E-state index in [4.69, 9.17) is 11.6 Å². The first-order chi connectivity index (χ1) is 9.56. The molecule has 0 amide bonds. The van der Waals surface area contributed by atoms with Gasteiger partial charge >= 0.3 is 0 Å². The van der Waals surface area contributed by atoms with Crippen molar-refractivity contribution in [1.29, 1.82) is 0 Å². The fourth-order valence-electron chi connectivity index (χ4n) is 2.49. The number of alkyl halides is 1. The van der Waals surface area contributed by atoms with Gasteiger partial charge in [-0.2, -0.15) is 0 Å². The van der Waals surface area contributed by atoms with E-state index in [9.17, 15) is 4.39 Å². The average Bonchev–Trinajstić information content (AvgIpc) is 2.45. The molecule has 106 valence electrons. The van der Waals surface area contributed by atoms with Crippen LogP contribution in [0, 0.1) is 12.7 Å². The molecule has 0 radical (unpaired) electrons. The summed E-state index contributed by atoms with van der Waals surface area (Å²) in [6.07, 6.45) is 1.98. The lowest BCUT2D eigenvalue weighted by molar-refractivity contribution is 0.611. The first kappa shape index (κ1) is 15.1. The van der Waals surface area contributed by atoms with Crippen molar-refractivity contribution >= 4 is 11.6 Å². The van der Waals surface area contributed by atoms with Gasteiger partial charge in [-0.3, -0.25) is 0 Å². The molecule has 2 aromatic carbocycles. The Morgan fingerprint density at radius 1 is 1.00 bits per heavy atom. The van der Waals surface area contributed by atoms with E-state index >= 15 is 0 Å². The molecule has 0 spiro atoms. The molecule has 1 atom stereocenters. The summed E-state index contributed by atoms with van der Waals surface area (Å²) in [7, 11) is 0. The van der Waals surface area contributed by atoms with Gasteiger partial charge in [0.2, 0.25) is 0 Å². The lowest BCUT2D eigenvalue weighted by atomic mass is 9.96. The summed E-state index contributed by atoms with van der Waals surface area (Å²) in [6.45, 7) is 6.15. The van der Waals surface area contributed by atoms with Crippen LogP contribution in [0.1, 0.15) is 47.0 Å². The summed E-state index contributed by atoms with van der Waals surface area (Å²) in [6, 6.07) is 11.4. The number of aryl methyl sites for hydroxylation is 3. The van der Waals surface area contributed by atoms with Crippen LogP contribution in [-0.2, 0) is 12.8 Å². The molecule has 2 rings (SSSR count). The van der Waals surface area contributed by atoms with Crippen LogP contribution in [0.25, 0.3) is 0 Å². The summed E-state index contributed by atoms with van der Waals surface area (Å²) < 4.78 is 14.0. The fraction of sp³-hybridized carbons (Fsp3) is 0.333. The Hall–Kier alpha value is -1.34. The summed E-state index contributed by atoms with van der Waals surface area (Å²) in [5.74, 6) is -0.234. The van der Waals surface area contributed by atoms with Crippen LogP contribution in [0.2, 0.25) is 0 Å². The maximum absolute atomic E-state index is 14.0. The Morgan fingerprint density at radius 2 is 1.70 bits per heavy atom. The minimum atomic E-state index is -0.438. The van der Waals surface area contributed by atoms with Crippen molar-refractivity contribution in [1.82, 2.24) is 0 Å². The van der Waals surface area contributed by atoms with Gasteiger partial charge in [0.15, 0.2) is 0 Å². The third-order valence-corrected chi connectivity index (χ3v) is 4.20. The molecule has 0 bridgehead atoms. The smallest absolute Gasteiger partial charge is 0.128 e. The Bertz CT molecular complexity index is 604. The van der Waals surface area contributed by atoms with Gasteiger partial charge in [-0.15, -0.1) is 11.6 Å². The molecule has 2 heteroatoms. The Labute approximate surface area is 125 Å². The number of halogens is 2. The Balaban J connectivity index is 2.40. The highest BCUT2D eigenvalue weighted by Crippen LogP contribution is 2.32. The predicted molar refractivity (Wildman–Crippen MR) is 84.0 cm³/mol. The van der Waals surface area contributed by atoms with E-state index in [1.807, 2.05) is 19.1 Å². The molecule has 0 aliphatic heterocycles. The molecule has 20 heavy (non-hydrogen) atoms. The largest absolute Gasteiger partial charge is 0.207 e. The van der Waals surface area contributed by atoms with Crippen LogP contribution in [0.5, 0.6) is 0 Å². The van der Waals surface area contributed by atoms with Crippen LogP contribution in [-0.4, -0.2) is 0 Å². The van der Waals surface area contributed by atoms with E-state index in [1.54, 1.807) is 6.07 Å². The molecule has 0 saturated carbocycles. The highest BCUT2D eigenvalue weighted by molar-refractivity contribution is 6.22. The number of hydrogen-bond donors (Lipinski definition) is 0. The summed E-state index contributed by atoms with van der Waals surface area (Å²) in [5.41, 5.74) is 5.05. The zero-order chi connectivity index (χ0) is 14.7. The molecule has 0 saturated heterocycles. The molecule has 0 nitrogen and oxygen atoms in total. The molecule has 2 aromatic rings. The van der Waals surface area contributed by atoms with Gasteiger partial charge in [0.05, 0.1) is 5.38 Å². The maximum atomic E-state index is 14.0. The van der Waals surface area contributed by atoms with Crippen LogP contribution in [0.15, 0.2) is 36.4 Å². The fourth-order valence-corrected chi connectivity index (χ4v) is 2.81. The minimum absolute atomic E-state index is 0.234. The lowest BCUT2D eigenvalue weighted by Gasteiger charge is -2.15. The van der Waals surface area contributed by atoms with Gasteiger partial charge in [0, 0.05) is 5.56 Å². The van der Waals surface area contributed by atoms with Crippen molar-refractivity contribution in [3.05, 3.63) is 70.0 Å². The van der Waals surface area contributed by atoms with E-state index in [1.165, 1.54) is 17.2 Å². The lowest BCUT2D eigenvalue weighted by Crippen LogP contribution is -2.00. The number of rotatable bonds is 4. The summed E-state index contributed by atoms with van der Waals surface area (Å²) in [5, 5.41) is -0.438. The number of benzene rings is 2. The van der Waals surface area contributed by atoms with Crippen molar-refractivity contribution < 1.29 is 4.39 Å². The van der Waals surface area contributed by atoms with Crippen molar-refractivity contribution in [3.63, 3.8) is 0 Å². The van der Waals surface area contributed by atoms with Crippen molar-refractivity contribution in [2.75, 3.05) is 0 Å². The molecular weight excluding hydrogens is 271 g/mol. The zero-order valence-electron chi connectivity index (χ0n) is 12.2. The zero-order valence-corrected chi connectivity index (χ0v) is 13.0. The van der Waals surface area contributed by atoms with Crippen LogP contribution >= 0.6 is 11.6 Å². The van der Waals surface area contributed by atoms with Gasteiger partial charge in [-0.1, -0.05) is 44.2 Å². The second-order valence-electron chi connectivity index (χ2n) is 5.12. The SMILES string of the molecule is CCc1ccc(C(Cl)c2ccc(C)cc2F)cc1CC. The van der Waals surface area contributed by atoms with E-state index < -0.39 is 5.38 Å². The first-order valence-electron chi connectivity index (χ1n) is 7.08. The van der Waals surface area contributed by atoms with Gasteiger partial charge < -0.3 is 0 Å². The van der Waals surface area contributed by atoms with Gasteiger partial charge in [-0.25, -0.2) is 4.39 Å². The van der Waals surface area contributed by atoms with E-state index in [0.29, 0.717) is 5.56 Å². The quantitative estimate of drug-likeness (QED) is 0.644. The van der Waals surface area contributed by atoms with Crippen LogP contribution in [0.4, 0.5) is 4.39 Å². The highest BCUT2D eigenvalue weighted by Gasteiger charge is 2.16. The first-order valence-corrected chi connectivity index (χ1v) is 7.52. The summed E-state index contributed by atoms with van der Waals surface area (Å²) in [4.78, 5) is 0. The number of hydrogen-bond acceptors (Lipinski definition) is 0. The van der Waals surface area contributed by atoms with Crippen molar-refractivity contribution in [2.24, 2.45) is 0 Å². The average molecular weight is 291 g/mol. The second-order valence-corrected chi connectivity index (χ2v) is 5.56. The molecule has 0 N–H and O–H groups in total. The molecule has 0 aliphatic rings. The standard InChI is InChI=1S/C18H20ClF/c1-4-13-7-8-15(11-14(13)5-2)18(19)16-9-6-12(3)10-17(16)20/h6-11,18H,4-5H2,1-3H3. The second kappa shape index (κ2) is 6.41. The normalized spacial score (nSPS) is 12.4. The Kier molecular flexibility index (Phi) is 4.82. The molecular formula is C18H20ClF. The van der Waals surface area contributed by atoms with E-state index in [2.05, 4.69) is 26.0 Å². The summed E-state index contributed by atoms with van der Waals surface area (Å²) >= 11 is 6.47. The highest BCUT2D eigenvalue weighted by atomic mass is 35.5. The van der Waals surface area contributed by atoms with Gasteiger partial charge in [-0.05, 0) is 48.1 Å². The van der Waals surface area contributed by atoms with Crippen LogP contribution < -0.4 is 0 Å². The van der Waals surface area contributed by atoms with Crippen molar-refractivity contribution in [3.8, 4) is 0 Å². The third-order valence-electron chi connectivity index (χ3n) is 3.71. The molecule has 0 fully saturated rings. The van der Waals surface area contributed by atoms with Gasteiger partial charge in [0.25, 0.3) is 0 Å². The Morgan fingerprint density at radius 3 is 2.30 bits per heavy atom. The van der Waals surface area contributed by atoms with E-state index in [-0.39, 0.29) is 5.82 Å². The predicted octanol–water partition coefficient (Wildman–Crippen LogP) is 5.59. The molecule has 0 aromatic heterocycles. The minimum Gasteiger partial charge on any atom is -0.207 e. The van der Waals surface area contributed by atoms with Gasteiger partial charge in [0.1, 0.15) is 5.82 Å². The van der Waals surface area contributed by atoms with Crippen LogP contribution in [0.3, 0.4) is 0 Å².